The van der Waals surface area contributed by atoms with Gasteiger partial charge in [-0.05, 0) is 13.5 Å². The molecule has 1 aliphatic heterocycles. The van der Waals surface area contributed by atoms with Crippen molar-refractivity contribution in [3.8, 4) is 0 Å². The SMILES string of the molecule is CO[C@H]1C[C@@H](CN(C)S(C)(=O)=O)N(C)C1. The second-order valence-electron chi connectivity index (χ2n) is 4.23. The lowest BCUT2D eigenvalue weighted by Crippen LogP contribution is -2.39. The van der Waals surface area contributed by atoms with E-state index in [0.717, 1.165) is 13.0 Å². The number of methoxy groups -OCH3 is 1. The van der Waals surface area contributed by atoms with Gasteiger partial charge in [0.2, 0.25) is 10.0 Å². The molecule has 15 heavy (non-hydrogen) atoms. The zero-order chi connectivity index (χ0) is 11.6. The highest BCUT2D eigenvalue weighted by Crippen LogP contribution is 2.19. The second-order valence-corrected chi connectivity index (χ2v) is 6.32. The van der Waals surface area contributed by atoms with Gasteiger partial charge in [0, 0.05) is 33.3 Å². The third-order valence-corrected chi connectivity index (χ3v) is 4.30. The fourth-order valence-corrected chi connectivity index (χ4v) is 2.29. The first-order valence-electron chi connectivity index (χ1n) is 4.99. The van der Waals surface area contributed by atoms with Crippen LogP contribution >= 0.6 is 0 Å². The van der Waals surface area contributed by atoms with Gasteiger partial charge in [-0.1, -0.05) is 0 Å². The molecule has 1 saturated heterocycles. The Hall–Kier alpha value is -0.170. The van der Waals surface area contributed by atoms with Gasteiger partial charge in [-0.15, -0.1) is 0 Å². The summed E-state index contributed by atoms with van der Waals surface area (Å²) >= 11 is 0. The highest BCUT2D eigenvalue weighted by Gasteiger charge is 2.31. The molecule has 0 amide bonds. The van der Waals surface area contributed by atoms with E-state index in [4.69, 9.17) is 4.74 Å². The molecule has 1 fully saturated rings. The molecule has 0 aromatic rings. The number of rotatable bonds is 4. The van der Waals surface area contributed by atoms with E-state index < -0.39 is 10.0 Å². The number of nitrogens with zero attached hydrogens (tertiary/aromatic N) is 2. The molecular weight excluding hydrogens is 216 g/mol. The van der Waals surface area contributed by atoms with Gasteiger partial charge in [0.25, 0.3) is 0 Å². The summed E-state index contributed by atoms with van der Waals surface area (Å²) in [6.07, 6.45) is 2.36. The Kier molecular flexibility index (Phi) is 4.11. The minimum atomic E-state index is -3.07. The van der Waals surface area contributed by atoms with E-state index in [9.17, 15) is 8.42 Å². The monoisotopic (exact) mass is 236 g/mol. The number of likely N-dealkylation sites (tertiary alicyclic amines) is 1. The lowest BCUT2D eigenvalue weighted by Gasteiger charge is -2.23. The Morgan fingerprint density at radius 1 is 1.53 bits per heavy atom. The molecule has 0 bridgehead atoms. The molecule has 0 spiro atoms. The standard InChI is InChI=1S/C9H20N2O3S/c1-10-7-9(14-3)5-8(10)6-11(2)15(4,12)13/h8-9H,5-7H2,1-4H3/t8-,9-/m0/s1. The van der Waals surface area contributed by atoms with Crippen LogP contribution in [0.3, 0.4) is 0 Å². The highest BCUT2D eigenvalue weighted by molar-refractivity contribution is 7.88. The van der Waals surface area contributed by atoms with Gasteiger partial charge in [-0.25, -0.2) is 12.7 Å². The van der Waals surface area contributed by atoms with Gasteiger partial charge in [-0.2, -0.15) is 0 Å². The minimum absolute atomic E-state index is 0.230. The van der Waals surface area contributed by atoms with Crippen molar-refractivity contribution in [1.29, 1.82) is 0 Å². The van der Waals surface area contributed by atoms with Crippen molar-refractivity contribution in [2.24, 2.45) is 0 Å². The maximum atomic E-state index is 11.3. The highest BCUT2D eigenvalue weighted by atomic mass is 32.2. The second kappa shape index (κ2) is 4.78. The zero-order valence-corrected chi connectivity index (χ0v) is 10.6. The zero-order valence-electron chi connectivity index (χ0n) is 9.80. The van der Waals surface area contributed by atoms with Crippen molar-refractivity contribution >= 4 is 10.0 Å². The van der Waals surface area contributed by atoms with Crippen LogP contribution in [-0.4, -0.2) is 70.3 Å². The predicted octanol–water partition coefficient (Wildman–Crippen LogP) is -0.403. The van der Waals surface area contributed by atoms with E-state index in [1.807, 2.05) is 7.05 Å². The van der Waals surface area contributed by atoms with Crippen LogP contribution in [0.4, 0.5) is 0 Å². The van der Waals surface area contributed by atoms with Crippen molar-refractivity contribution in [3.63, 3.8) is 0 Å². The summed E-state index contributed by atoms with van der Waals surface area (Å²) < 4.78 is 29.2. The Balaban J connectivity index is 2.53. The fraction of sp³-hybridized carbons (Fsp3) is 1.00. The molecular formula is C9H20N2O3S. The molecule has 0 unspecified atom stereocenters. The first-order chi connectivity index (χ1) is 6.84. The average molecular weight is 236 g/mol. The average Bonchev–Trinajstić information content (AvgIpc) is 2.45. The molecule has 0 aliphatic carbocycles. The molecule has 1 heterocycles. The number of sulfonamides is 1. The molecule has 0 radical (unpaired) electrons. The van der Waals surface area contributed by atoms with Crippen LogP contribution < -0.4 is 0 Å². The number of hydrogen-bond donors (Lipinski definition) is 0. The maximum Gasteiger partial charge on any atom is 0.211 e. The van der Waals surface area contributed by atoms with Crippen LogP contribution in [0.5, 0.6) is 0 Å². The van der Waals surface area contributed by atoms with Gasteiger partial charge in [0.1, 0.15) is 0 Å². The Morgan fingerprint density at radius 3 is 2.53 bits per heavy atom. The Bertz CT molecular complexity index is 304. The molecule has 0 aromatic heterocycles. The predicted molar refractivity (Wildman–Crippen MR) is 59.3 cm³/mol. The first kappa shape index (κ1) is 12.9. The van der Waals surface area contributed by atoms with Gasteiger partial charge in [-0.3, -0.25) is 4.90 Å². The molecule has 0 N–H and O–H groups in total. The Labute approximate surface area is 92.0 Å². The van der Waals surface area contributed by atoms with Crippen LogP contribution in [0.15, 0.2) is 0 Å². The van der Waals surface area contributed by atoms with Crippen LogP contribution in [-0.2, 0) is 14.8 Å². The van der Waals surface area contributed by atoms with Crippen LogP contribution in [0, 0.1) is 0 Å². The minimum Gasteiger partial charge on any atom is -0.380 e. The lowest BCUT2D eigenvalue weighted by atomic mass is 10.2. The van der Waals surface area contributed by atoms with E-state index in [1.165, 1.54) is 10.6 Å². The summed E-state index contributed by atoms with van der Waals surface area (Å²) in [7, 11) is 2.24. The van der Waals surface area contributed by atoms with E-state index in [0.29, 0.717) is 6.54 Å². The van der Waals surface area contributed by atoms with Gasteiger partial charge < -0.3 is 4.74 Å². The third kappa shape index (κ3) is 3.41. The summed E-state index contributed by atoms with van der Waals surface area (Å²) in [4.78, 5) is 2.15. The van der Waals surface area contributed by atoms with Crippen LogP contribution in [0.25, 0.3) is 0 Å². The van der Waals surface area contributed by atoms with Crippen molar-refractivity contribution < 1.29 is 13.2 Å². The lowest BCUT2D eigenvalue weighted by molar-refractivity contribution is 0.111. The first-order valence-corrected chi connectivity index (χ1v) is 6.83. The van der Waals surface area contributed by atoms with Crippen molar-refractivity contribution in [2.45, 2.75) is 18.6 Å². The molecule has 0 saturated carbocycles. The normalized spacial score (nSPS) is 28.9. The van der Waals surface area contributed by atoms with Crippen LogP contribution in [0.2, 0.25) is 0 Å². The maximum absolute atomic E-state index is 11.3. The van der Waals surface area contributed by atoms with Gasteiger partial charge in [0.15, 0.2) is 0 Å². The summed E-state index contributed by atoms with van der Waals surface area (Å²) in [5.74, 6) is 0. The molecule has 1 rings (SSSR count). The van der Waals surface area contributed by atoms with Crippen molar-refractivity contribution in [1.82, 2.24) is 9.21 Å². The third-order valence-electron chi connectivity index (χ3n) is 3.02. The number of likely N-dealkylation sites (N-methyl/N-ethyl adjacent to an activating group) is 2. The summed E-state index contributed by atoms with van der Waals surface area (Å²) in [5, 5.41) is 0. The number of hydrogen-bond acceptors (Lipinski definition) is 4. The molecule has 1 aliphatic rings. The van der Waals surface area contributed by atoms with Crippen molar-refractivity contribution in [3.05, 3.63) is 0 Å². The van der Waals surface area contributed by atoms with Gasteiger partial charge in [0.05, 0.1) is 12.4 Å². The summed E-state index contributed by atoms with van der Waals surface area (Å²) in [5.41, 5.74) is 0. The fourth-order valence-electron chi connectivity index (χ4n) is 1.85. The molecule has 5 nitrogen and oxygen atoms in total. The largest absolute Gasteiger partial charge is 0.380 e. The molecule has 6 heteroatoms. The molecule has 2 atom stereocenters. The van der Waals surface area contributed by atoms with E-state index in [-0.39, 0.29) is 12.1 Å². The van der Waals surface area contributed by atoms with Crippen LogP contribution in [0.1, 0.15) is 6.42 Å². The van der Waals surface area contributed by atoms with Gasteiger partial charge >= 0.3 is 0 Å². The number of ether oxygens (including phenoxy) is 1. The summed E-state index contributed by atoms with van der Waals surface area (Å²) in [6, 6.07) is 0.259. The quantitative estimate of drug-likeness (QED) is 0.666. The summed E-state index contributed by atoms with van der Waals surface area (Å²) in [6.45, 7) is 1.41. The van der Waals surface area contributed by atoms with E-state index >= 15 is 0 Å². The smallest absolute Gasteiger partial charge is 0.211 e. The van der Waals surface area contributed by atoms with E-state index in [1.54, 1.807) is 14.2 Å². The van der Waals surface area contributed by atoms with Crippen molar-refractivity contribution in [2.75, 3.05) is 40.6 Å². The topological polar surface area (TPSA) is 49.9 Å². The molecule has 90 valence electrons. The molecule has 0 aromatic carbocycles. The van der Waals surface area contributed by atoms with E-state index in [2.05, 4.69) is 4.90 Å². The Morgan fingerprint density at radius 2 is 2.13 bits per heavy atom.